The lowest BCUT2D eigenvalue weighted by Crippen LogP contribution is -2.36. The summed E-state index contributed by atoms with van der Waals surface area (Å²) >= 11 is 6.26. The molecule has 2 nitrogen and oxygen atoms in total. The van der Waals surface area contributed by atoms with Crippen LogP contribution in [0.2, 0.25) is 5.02 Å². The number of rotatable bonds is 3. The van der Waals surface area contributed by atoms with Crippen LogP contribution in [0.5, 0.6) is 0 Å². The van der Waals surface area contributed by atoms with E-state index in [1.807, 2.05) is 13.0 Å². The molecular formula is C15H20ClNO. The van der Waals surface area contributed by atoms with Crippen LogP contribution in [0.3, 0.4) is 0 Å². The van der Waals surface area contributed by atoms with Crippen LogP contribution in [-0.4, -0.2) is 34.7 Å². The van der Waals surface area contributed by atoms with Crippen molar-refractivity contribution in [2.75, 3.05) is 13.1 Å². The molecule has 0 bridgehead atoms. The molecule has 1 aromatic carbocycles. The van der Waals surface area contributed by atoms with Gasteiger partial charge in [0.05, 0.1) is 5.60 Å². The summed E-state index contributed by atoms with van der Waals surface area (Å²) in [4.78, 5) is 2.43. The molecule has 1 atom stereocenters. The van der Waals surface area contributed by atoms with Crippen LogP contribution < -0.4 is 0 Å². The van der Waals surface area contributed by atoms with Crippen molar-refractivity contribution in [3.63, 3.8) is 0 Å². The molecule has 98 valence electrons. The van der Waals surface area contributed by atoms with Crippen LogP contribution in [0.4, 0.5) is 0 Å². The molecule has 1 aliphatic carbocycles. The van der Waals surface area contributed by atoms with Crippen molar-refractivity contribution in [1.82, 2.24) is 4.90 Å². The van der Waals surface area contributed by atoms with Crippen LogP contribution in [0.15, 0.2) is 18.2 Å². The van der Waals surface area contributed by atoms with Crippen molar-refractivity contribution in [1.29, 1.82) is 0 Å². The number of likely N-dealkylation sites (tertiary alicyclic amines) is 1. The van der Waals surface area contributed by atoms with Crippen LogP contribution in [0.25, 0.3) is 0 Å². The second kappa shape index (κ2) is 4.52. The van der Waals surface area contributed by atoms with E-state index in [1.165, 1.54) is 18.4 Å². The number of nitrogens with zero attached hydrogens (tertiary/aromatic N) is 1. The van der Waals surface area contributed by atoms with Gasteiger partial charge in [0.1, 0.15) is 0 Å². The Kier molecular flexibility index (Phi) is 3.13. The zero-order chi connectivity index (χ0) is 12.8. The third kappa shape index (κ3) is 2.56. The third-order valence-corrected chi connectivity index (χ3v) is 4.50. The van der Waals surface area contributed by atoms with Gasteiger partial charge >= 0.3 is 0 Å². The van der Waals surface area contributed by atoms with Gasteiger partial charge in [-0.25, -0.2) is 0 Å². The van der Waals surface area contributed by atoms with Crippen molar-refractivity contribution in [3.8, 4) is 0 Å². The lowest BCUT2D eigenvalue weighted by molar-refractivity contribution is 0.0487. The summed E-state index contributed by atoms with van der Waals surface area (Å²) in [5.41, 5.74) is 1.66. The topological polar surface area (TPSA) is 23.5 Å². The maximum Gasteiger partial charge on any atom is 0.0827 e. The fourth-order valence-corrected chi connectivity index (χ4v) is 3.24. The van der Waals surface area contributed by atoms with Gasteiger partial charge in [-0.15, -0.1) is 0 Å². The van der Waals surface area contributed by atoms with Crippen LogP contribution in [0, 0.1) is 6.92 Å². The molecule has 1 saturated heterocycles. The lowest BCUT2D eigenvalue weighted by atomic mass is 9.93. The summed E-state index contributed by atoms with van der Waals surface area (Å²) in [7, 11) is 0. The Morgan fingerprint density at radius 1 is 1.44 bits per heavy atom. The summed E-state index contributed by atoms with van der Waals surface area (Å²) in [6.45, 7) is 3.88. The largest absolute Gasteiger partial charge is 0.388 e. The van der Waals surface area contributed by atoms with Gasteiger partial charge in [-0.05, 0) is 43.4 Å². The minimum absolute atomic E-state index is 0.582. The molecule has 1 unspecified atom stereocenters. The van der Waals surface area contributed by atoms with Gasteiger partial charge < -0.3 is 5.11 Å². The predicted molar refractivity (Wildman–Crippen MR) is 74.1 cm³/mol. The smallest absolute Gasteiger partial charge is 0.0827 e. The maximum atomic E-state index is 10.7. The Morgan fingerprint density at radius 3 is 2.89 bits per heavy atom. The van der Waals surface area contributed by atoms with E-state index in [1.54, 1.807) is 0 Å². The quantitative estimate of drug-likeness (QED) is 0.909. The van der Waals surface area contributed by atoms with Crippen molar-refractivity contribution in [2.45, 2.75) is 44.2 Å². The molecule has 0 spiro atoms. The zero-order valence-electron chi connectivity index (χ0n) is 10.8. The van der Waals surface area contributed by atoms with Crippen molar-refractivity contribution in [2.24, 2.45) is 0 Å². The molecule has 0 radical (unpaired) electrons. The fourth-order valence-electron chi connectivity index (χ4n) is 2.93. The van der Waals surface area contributed by atoms with Crippen molar-refractivity contribution >= 4 is 11.6 Å². The van der Waals surface area contributed by atoms with Gasteiger partial charge in [0, 0.05) is 30.6 Å². The summed E-state index contributed by atoms with van der Waals surface area (Å²) in [6.07, 6.45) is 4.16. The van der Waals surface area contributed by atoms with Crippen LogP contribution in [0.1, 0.15) is 30.4 Å². The average molecular weight is 266 g/mol. The number of hydrogen-bond donors (Lipinski definition) is 1. The molecule has 0 aromatic heterocycles. The summed E-state index contributed by atoms with van der Waals surface area (Å²) < 4.78 is 0. The molecule has 0 amide bonds. The Labute approximate surface area is 114 Å². The van der Waals surface area contributed by atoms with E-state index in [9.17, 15) is 5.11 Å². The van der Waals surface area contributed by atoms with Crippen LogP contribution in [-0.2, 0) is 6.42 Å². The lowest BCUT2D eigenvalue weighted by Gasteiger charge is -2.24. The Morgan fingerprint density at radius 2 is 2.22 bits per heavy atom. The Balaban J connectivity index is 1.71. The first-order chi connectivity index (χ1) is 8.56. The minimum atomic E-state index is -0.582. The second-order valence-electron chi connectivity index (χ2n) is 5.95. The normalized spacial score (nSPS) is 28.8. The Hall–Kier alpha value is -0.570. The fraction of sp³-hybridized carbons (Fsp3) is 0.600. The first-order valence-corrected chi connectivity index (χ1v) is 7.15. The summed E-state index contributed by atoms with van der Waals surface area (Å²) in [6, 6.07) is 6.84. The number of hydrogen-bond acceptors (Lipinski definition) is 2. The molecule has 2 fully saturated rings. The predicted octanol–water partition coefficient (Wildman–Crippen LogP) is 2.79. The molecule has 1 N–H and O–H groups in total. The van der Waals surface area contributed by atoms with E-state index in [2.05, 4.69) is 17.0 Å². The van der Waals surface area contributed by atoms with E-state index in [4.69, 9.17) is 11.6 Å². The van der Waals surface area contributed by atoms with Crippen molar-refractivity contribution in [3.05, 3.63) is 34.3 Å². The highest BCUT2D eigenvalue weighted by molar-refractivity contribution is 6.31. The Bertz CT molecular complexity index is 458. The molecule has 1 saturated carbocycles. The molecule has 18 heavy (non-hydrogen) atoms. The highest BCUT2D eigenvalue weighted by atomic mass is 35.5. The number of benzene rings is 1. The zero-order valence-corrected chi connectivity index (χ0v) is 11.6. The molecule has 1 heterocycles. The first-order valence-electron chi connectivity index (χ1n) is 6.77. The summed E-state index contributed by atoms with van der Waals surface area (Å²) in [5, 5.41) is 11.5. The van der Waals surface area contributed by atoms with Gasteiger partial charge in [-0.2, -0.15) is 0 Å². The maximum absolute atomic E-state index is 10.7. The molecule has 3 rings (SSSR count). The average Bonchev–Trinajstić information content (AvgIpc) is 3.08. The standard InChI is InChI=1S/C15H20ClNO/c1-11-2-3-12(14(16)8-11)9-15(18)6-7-17(10-15)13-4-5-13/h2-3,8,13,18H,4-7,9-10H2,1H3. The first kappa shape index (κ1) is 12.5. The number of halogens is 1. The van der Waals surface area contributed by atoms with E-state index in [-0.39, 0.29) is 0 Å². The summed E-state index contributed by atoms with van der Waals surface area (Å²) in [5.74, 6) is 0. The molecule has 3 heteroatoms. The van der Waals surface area contributed by atoms with Gasteiger partial charge in [0.15, 0.2) is 0 Å². The monoisotopic (exact) mass is 265 g/mol. The number of aryl methyl sites for hydroxylation is 1. The highest BCUT2D eigenvalue weighted by Crippen LogP contribution is 2.35. The SMILES string of the molecule is Cc1ccc(CC2(O)CCN(C3CC3)C2)c(Cl)c1. The van der Waals surface area contributed by atoms with Gasteiger partial charge in [0.2, 0.25) is 0 Å². The molecule has 1 aliphatic heterocycles. The van der Waals surface area contributed by atoms with Crippen molar-refractivity contribution < 1.29 is 5.11 Å². The number of aliphatic hydroxyl groups is 1. The third-order valence-electron chi connectivity index (χ3n) is 4.15. The van der Waals surface area contributed by atoms with Gasteiger partial charge in [-0.1, -0.05) is 23.7 Å². The van der Waals surface area contributed by atoms with E-state index < -0.39 is 5.60 Å². The van der Waals surface area contributed by atoms with E-state index in [0.717, 1.165) is 36.1 Å². The van der Waals surface area contributed by atoms with Crippen LogP contribution >= 0.6 is 11.6 Å². The van der Waals surface area contributed by atoms with Gasteiger partial charge in [-0.3, -0.25) is 4.90 Å². The van der Waals surface area contributed by atoms with E-state index in [0.29, 0.717) is 6.42 Å². The minimum Gasteiger partial charge on any atom is -0.388 e. The van der Waals surface area contributed by atoms with Gasteiger partial charge in [0.25, 0.3) is 0 Å². The molecule has 2 aliphatic rings. The van der Waals surface area contributed by atoms with E-state index >= 15 is 0 Å². The highest BCUT2D eigenvalue weighted by Gasteiger charge is 2.42. The molecule has 1 aromatic rings. The number of β-amino-alcohol motifs (C(OH)–C–C–N with tert-alkyl or cyclic N) is 1. The molecular weight excluding hydrogens is 246 g/mol. The second-order valence-corrected chi connectivity index (χ2v) is 6.35.